The minimum absolute atomic E-state index is 0.00828. The highest BCUT2D eigenvalue weighted by atomic mass is 16.5. The lowest BCUT2D eigenvalue weighted by molar-refractivity contribution is -0.978. The Balaban J connectivity index is 1.72. The molecule has 1 aromatic rings. The third kappa shape index (κ3) is 5.47. The maximum absolute atomic E-state index is 11.9. The van der Waals surface area contributed by atoms with Crippen molar-refractivity contribution >= 4 is 5.91 Å². The number of carbonyl (C=O) groups excluding carboxylic acids is 1. The van der Waals surface area contributed by atoms with Crippen molar-refractivity contribution < 1.29 is 14.6 Å². The first-order valence-electron chi connectivity index (χ1n) is 8.28. The molecule has 0 saturated carbocycles. The average Bonchev–Trinajstić information content (AvgIpc) is 3.00. The zero-order valence-electron chi connectivity index (χ0n) is 14.1. The minimum atomic E-state index is -0.305. The molecule has 1 aliphatic rings. The fourth-order valence-electron chi connectivity index (χ4n) is 2.34. The monoisotopic (exact) mass is 322 g/mol. The molecule has 0 bridgehead atoms. The van der Waals surface area contributed by atoms with Crippen LogP contribution in [0.15, 0.2) is 24.3 Å². The third-order valence-electron chi connectivity index (χ3n) is 3.92. The van der Waals surface area contributed by atoms with Crippen LogP contribution < -0.4 is 31.6 Å². The van der Waals surface area contributed by atoms with Gasteiger partial charge in [0.05, 0.1) is 0 Å². The minimum Gasteiger partial charge on any atom is -0.484 e. The Hall–Kier alpha value is -1.67. The third-order valence-corrected chi connectivity index (χ3v) is 3.92. The molecule has 3 unspecified atom stereocenters. The van der Waals surface area contributed by atoms with Gasteiger partial charge in [-0.3, -0.25) is 4.79 Å². The first-order chi connectivity index (χ1) is 11.1. The molecule has 0 aliphatic carbocycles. The van der Waals surface area contributed by atoms with Crippen LogP contribution in [-0.2, 0) is 4.79 Å². The number of hydrazine groups is 1. The van der Waals surface area contributed by atoms with E-state index in [0.29, 0.717) is 11.7 Å². The molecule has 1 fully saturated rings. The molecule has 1 heterocycles. The van der Waals surface area contributed by atoms with Gasteiger partial charge in [0.1, 0.15) is 12.3 Å². The summed E-state index contributed by atoms with van der Waals surface area (Å²) in [7, 11) is 0. The fourth-order valence-corrected chi connectivity index (χ4v) is 2.34. The molecule has 1 aromatic carbocycles. The Morgan fingerprint density at radius 2 is 2.09 bits per heavy atom. The SMILES string of the molecule is CCC[NH+]1NNC(NC(=O)COc2ccc(C(C)CC)cc2)N1. The molecule has 1 saturated heterocycles. The molecule has 0 spiro atoms. The number of carbonyl (C=O) groups is 1. The second-order valence-electron chi connectivity index (χ2n) is 5.81. The van der Waals surface area contributed by atoms with Gasteiger partial charge in [-0.25, -0.2) is 0 Å². The maximum Gasteiger partial charge on any atom is 0.260 e. The highest BCUT2D eigenvalue weighted by molar-refractivity contribution is 5.77. The van der Waals surface area contributed by atoms with Crippen LogP contribution in [0, 0.1) is 0 Å². The average molecular weight is 322 g/mol. The van der Waals surface area contributed by atoms with Crippen LogP contribution >= 0.6 is 0 Å². The number of quaternary nitrogens is 1. The number of hydrogen-bond acceptors (Lipinski definition) is 5. The lowest BCUT2D eigenvalue weighted by atomic mass is 9.99. The van der Waals surface area contributed by atoms with Gasteiger partial charge in [0.2, 0.25) is 0 Å². The molecule has 2 rings (SSSR count). The molecule has 3 atom stereocenters. The fraction of sp³-hybridized carbons (Fsp3) is 0.562. The van der Waals surface area contributed by atoms with Crippen molar-refractivity contribution in [3.05, 3.63) is 29.8 Å². The predicted octanol–water partition coefficient (Wildman–Crippen LogP) is -0.199. The molecule has 0 aromatic heterocycles. The lowest BCUT2D eigenvalue weighted by Crippen LogP contribution is -3.22. The quantitative estimate of drug-likeness (QED) is 0.458. The van der Waals surface area contributed by atoms with E-state index in [0.717, 1.165) is 24.5 Å². The summed E-state index contributed by atoms with van der Waals surface area (Å²) in [5, 5.41) is 3.79. The topological polar surface area (TPSA) is 78.9 Å². The molecular weight excluding hydrogens is 294 g/mol. The number of nitrogens with one attached hydrogen (secondary N) is 5. The summed E-state index contributed by atoms with van der Waals surface area (Å²) in [6, 6.07) is 7.93. The summed E-state index contributed by atoms with van der Waals surface area (Å²) in [5.74, 6) is 1.06. The van der Waals surface area contributed by atoms with E-state index in [1.165, 1.54) is 5.56 Å². The summed E-state index contributed by atoms with van der Waals surface area (Å²) < 4.78 is 5.53. The Morgan fingerprint density at radius 1 is 1.35 bits per heavy atom. The predicted molar refractivity (Wildman–Crippen MR) is 88.1 cm³/mol. The van der Waals surface area contributed by atoms with Gasteiger partial charge in [0.25, 0.3) is 5.91 Å². The van der Waals surface area contributed by atoms with E-state index < -0.39 is 0 Å². The normalized spacial score (nSPS) is 21.9. The second kappa shape index (κ2) is 8.83. The summed E-state index contributed by atoms with van der Waals surface area (Å²) in [4.78, 5) is 11.9. The number of hydrogen-bond donors (Lipinski definition) is 5. The van der Waals surface area contributed by atoms with E-state index in [-0.39, 0.29) is 18.8 Å². The molecule has 23 heavy (non-hydrogen) atoms. The van der Waals surface area contributed by atoms with E-state index >= 15 is 0 Å². The number of rotatable bonds is 8. The van der Waals surface area contributed by atoms with Crippen LogP contribution in [0.5, 0.6) is 5.75 Å². The van der Waals surface area contributed by atoms with Crippen molar-refractivity contribution in [2.24, 2.45) is 0 Å². The van der Waals surface area contributed by atoms with E-state index in [1.807, 2.05) is 12.1 Å². The van der Waals surface area contributed by atoms with Crippen molar-refractivity contribution in [3.63, 3.8) is 0 Å². The van der Waals surface area contributed by atoms with Gasteiger partial charge in [-0.15, -0.1) is 5.43 Å². The van der Waals surface area contributed by atoms with Crippen LogP contribution in [0.3, 0.4) is 0 Å². The molecule has 1 amide bonds. The van der Waals surface area contributed by atoms with Gasteiger partial charge in [0, 0.05) is 0 Å². The Bertz CT molecular complexity index is 494. The first-order valence-corrected chi connectivity index (χ1v) is 8.28. The molecule has 5 N–H and O–H groups in total. The van der Waals surface area contributed by atoms with Crippen molar-refractivity contribution in [1.29, 1.82) is 0 Å². The van der Waals surface area contributed by atoms with Crippen LogP contribution in [-0.4, -0.2) is 25.3 Å². The van der Waals surface area contributed by atoms with E-state index in [2.05, 4.69) is 54.6 Å². The number of benzene rings is 1. The van der Waals surface area contributed by atoms with Gasteiger partial charge >= 0.3 is 0 Å². The Morgan fingerprint density at radius 3 is 2.74 bits per heavy atom. The van der Waals surface area contributed by atoms with E-state index in [9.17, 15) is 4.79 Å². The zero-order chi connectivity index (χ0) is 16.7. The molecule has 128 valence electrons. The smallest absolute Gasteiger partial charge is 0.260 e. The standard InChI is InChI=1S/C16H27N5O2/c1-4-10-21-19-16(18-20-21)17-15(22)11-23-14-8-6-13(7-9-14)12(3)5-2/h6-9,12,16,18-20H,4-5,10-11H2,1-3H3,(H,17,22)/p+1. The largest absolute Gasteiger partial charge is 0.484 e. The van der Waals surface area contributed by atoms with E-state index in [1.54, 1.807) is 0 Å². The first kappa shape index (κ1) is 17.7. The van der Waals surface area contributed by atoms with Crippen molar-refractivity contribution in [2.45, 2.75) is 45.8 Å². The highest BCUT2D eigenvalue weighted by Gasteiger charge is 2.25. The van der Waals surface area contributed by atoms with Gasteiger partial charge in [-0.2, -0.15) is 10.5 Å². The van der Waals surface area contributed by atoms with E-state index in [4.69, 9.17) is 4.74 Å². The summed E-state index contributed by atoms with van der Waals surface area (Å²) in [6.07, 6.45) is 1.84. The molecule has 7 heteroatoms. The molecular formula is C16H28N5O2+. The van der Waals surface area contributed by atoms with Crippen LogP contribution in [0.25, 0.3) is 0 Å². The van der Waals surface area contributed by atoms with Gasteiger partial charge in [-0.05, 0) is 36.5 Å². The second-order valence-corrected chi connectivity index (χ2v) is 5.81. The summed E-state index contributed by atoms with van der Waals surface area (Å²) >= 11 is 0. The summed E-state index contributed by atoms with van der Waals surface area (Å²) in [6.45, 7) is 7.37. The van der Waals surface area contributed by atoms with Gasteiger partial charge in [-0.1, -0.05) is 38.4 Å². The molecule has 1 aliphatic heterocycles. The number of ether oxygens (including phenoxy) is 1. The van der Waals surface area contributed by atoms with Crippen LogP contribution in [0.2, 0.25) is 0 Å². The maximum atomic E-state index is 11.9. The van der Waals surface area contributed by atoms with Crippen molar-refractivity contribution in [3.8, 4) is 5.75 Å². The van der Waals surface area contributed by atoms with Crippen LogP contribution in [0.1, 0.15) is 45.1 Å². The molecule has 7 nitrogen and oxygen atoms in total. The van der Waals surface area contributed by atoms with Gasteiger partial charge in [0.15, 0.2) is 12.9 Å². The van der Waals surface area contributed by atoms with Crippen molar-refractivity contribution in [2.75, 3.05) is 13.2 Å². The Kier molecular flexibility index (Phi) is 6.79. The van der Waals surface area contributed by atoms with Gasteiger partial charge < -0.3 is 10.1 Å². The molecule has 0 radical (unpaired) electrons. The zero-order valence-corrected chi connectivity index (χ0v) is 14.1. The summed E-state index contributed by atoms with van der Waals surface area (Å²) in [5.41, 5.74) is 10.4. The Labute approximate surface area is 137 Å². The van der Waals surface area contributed by atoms with Crippen LogP contribution in [0.4, 0.5) is 0 Å². The van der Waals surface area contributed by atoms with Crippen molar-refractivity contribution in [1.82, 2.24) is 21.7 Å². The highest BCUT2D eigenvalue weighted by Crippen LogP contribution is 2.21. The lowest BCUT2D eigenvalue weighted by Gasteiger charge is -2.13. The number of amides is 1.